The summed E-state index contributed by atoms with van der Waals surface area (Å²) in [6.07, 6.45) is 3.63. The minimum Gasteiger partial charge on any atom is -0.379 e. The molecule has 0 saturated heterocycles. The molecule has 10 nitrogen and oxygen atoms in total. The third-order valence-corrected chi connectivity index (χ3v) is 3.93. The number of aromatic nitrogens is 3. The summed E-state index contributed by atoms with van der Waals surface area (Å²) < 4.78 is 18.8. The Kier molecular flexibility index (Phi) is 6.78. The van der Waals surface area contributed by atoms with E-state index in [1.807, 2.05) is 0 Å². The van der Waals surface area contributed by atoms with Crippen LogP contribution in [0.15, 0.2) is 59.5 Å². The first-order valence-electron chi connectivity index (χ1n) is 9.02. The zero-order valence-electron chi connectivity index (χ0n) is 16.1. The summed E-state index contributed by atoms with van der Waals surface area (Å²) in [5.74, 6) is -1.66. The molecule has 2 aromatic heterocycles. The average Bonchev–Trinajstić information content (AvgIpc) is 3.26. The molecule has 0 saturated carbocycles. The molecule has 0 bridgehead atoms. The summed E-state index contributed by atoms with van der Waals surface area (Å²) in [5.41, 5.74) is 6.09. The lowest BCUT2D eigenvalue weighted by molar-refractivity contribution is -0.124. The molecule has 0 aliphatic heterocycles. The Morgan fingerprint density at radius 1 is 1.23 bits per heavy atom. The lowest BCUT2D eigenvalue weighted by atomic mass is 10.2. The highest BCUT2D eigenvalue weighted by Crippen LogP contribution is 2.14. The smallest absolute Gasteiger partial charge is 0.234 e. The van der Waals surface area contributed by atoms with Gasteiger partial charge in [-0.25, -0.2) is 14.4 Å². The van der Waals surface area contributed by atoms with Gasteiger partial charge in [-0.15, -0.1) is 0 Å². The van der Waals surface area contributed by atoms with Crippen LogP contribution in [-0.2, 0) is 16.1 Å². The minimum atomic E-state index is -0.777. The van der Waals surface area contributed by atoms with Crippen molar-refractivity contribution in [3.63, 3.8) is 0 Å². The van der Waals surface area contributed by atoms with E-state index in [0.717, 1.165) is 0 Å². The molecule has 1 aromatic carbocycles. The predicted molar refractivity (Wildman–Crippen MR) is 109 cm³/mol. The molecule has 3 aromatic rings. The number of primary amides is 1. The first-order chi connectivity index (χ1) is 14.9. The number of nitrogens with two attached hydrogens (primary N) is 1. The molecule has 158 valence electrons. The Morgan fingerprint density at radius 2 is 2.03 bits per heavy atom. The van der Waals surface area contributed by atoms with Crippen LogP contribution in [0.25, 0.3) is 5.70 Å². The maximum atomic E-state index is 13.9. The largest absolute Gasteiger partial charge is 0.379 e. The second kappa shape index (κ2) is 9.87. The van der Waals surface area contributed by atoms with Gasteiger partial charge in [0.15, 0.2) is 5.82 Å². The Hall–Kier alpha value is -4.41. The van der Waals surface area contributed by atoms with Crippen molar-refractivity contribution in [2.45, 2.75) is 13.0 Å². The van der Waals surface area contributed by atoms with Crippen LogP contribution in [0.4, 0.5) is 10.2 Å². The van der Waals surface area contributed by atoms with Crippen LogP contribution < -0.4 is 16.4 Å². The van der Waals surface area contributed by atoms with Crippen molar-refractivity contribution in [3.05, 3.63) is 77.8 Å². The average molecular weight is 423 g/mol. The second-order valence-electron chi connectivity index (χ2n) is 6.26. The van der Waals surface area contributed by atoms with Crippen molar-refractivity contribution in [3.8, 4) is 0 Å². The predicted octanol–water partition coefficient (Wildman–Crippen LogP) is 1.62. The van der Waals surface area contributed by atoms with Gasteiger partial charge in [0.05, 0.1) is 5.70 Å². The highest BCUT2D eigenvalue weighted by molar-refractivity contribution is 6.08. The van der Waals surface area contributed by atoms with Gasteiger partial charge in [-0.1, -0.05) is 23.4 Å². The summed E-state index contributed by atoms with van der Waals surface area (Å²) in [4.78, 5) is 30.6. The monoisotopic (exact) mass is 423 g/mol. The topological polar surface area (TPSA) is 160 Å². The van der Waals surface area contributed by atoms with Crippen molar-refractivity contribution < 1.29 is 18.5 Å². The van der Waals surface area contributed by atoms with Crippen molar-refractivity contribution in [1.29, 1.82) is 5.41 Å². The Labute approximate surface area is 175 Å². The third kappa shape index (κ3) is 6.03. The van der Waals surface area contributed by atoms with Gasteiger partial charge in [0, 0.05) is 24.4 Å². The van der Waals surface area contributed by atoms with E-state index >= 15 is 0 Å². The maximum absolute atomic E-state index is 13.9. The minimum absolute atomic E-state index is 0.00515. The van der Waals surface area contributed by atoms with Gasteiger partial charge >= 0.3 is 0 Å². The van der Waals surface area contributed by atoms with E-state index < -0.39 is 18.2 Å². The van der Waals surface area contributed by atoms with E-state index in [-0.39, 0.29) is 29.7 Å². The number of rotatable bonds is 9. The Bertz CT molecular complexity index is 1130. The molecule has 11 heteroatoms. The maximum Gasteiger partial charge on any atom is 0.234 e. The van der Waals surface area contributed by atoms with Crippen LogP contribution in [-0.4, -0.2) is 32.7 Å². The Balaban J connectivity index is 1.79. The highest BCUT2D eigenvalue weighted by Gasteiger charge is 2.12. The van der Waals surface area contributed by atoms with Gasteiger partial charge in [0.1, 0.15) is 35.7 Å². The van der Waals surface area contributed by atoms with Crippen molar-refractivity contribution in [1.82, 2.24) is 20.4 Å². The molecule has 2 amide bonds. The molecule has 2 heterocycles. The number of halogens is 1. The number of benzene rings is 1. The number of amides is 2. The van der Waals surface area contributed by atoms with Gasteiger partial charge in [-0.2, -0.15) is 0 Å². The van der Waals surface area contributed by atoms with Crippen molar-refractivity contribution in [2.75, 3.05) is 5.32 Å². The molecule has 0 radical (unpaired) electrons. The zero-order chi connectivity index (χ0) is 22.2. The number of hydrogen-bond donors (Lipinski definition) is 4. The SMILES string of the molecule is N=C(/C=C(\NCc1ccccc1F)c1ccon1)c1nccc(NC(=O)CC(N)=O)n1. The molecular formula is C20H18FN7O3. The molecule has 31 heavy (non-hydrogen) atoms. The summed E-state index contributed by atoms with van der Waals surface area (Å²) in [6.45, 7) is 0.142. The van der Waals surface area contributed by atoms with Gasteiger partial charge in [-0.05, 0) is 18.2 Å². The number of anilines is 1. The van der Waals surface area contributed by atoms with E-state index in [1.165, 1.54) is 30.7 Å². The first kappa shape index (κ1) is 21.3. The normalized spacial score (nSPS) is 11.1. The number of allylic oxidation sites excluding steroid dienone is 1. The van der Waals surface area contributed by atoms with Crippen LogP contribution in [0.2, 0.25) is 0 Å². The first-order valence-corrected chi connectivity index (χ1v) is 9.02. The summed E-state index contributed by atoms with van der Waals surface area (Å²) >= 11 is 0. The lowest BCUT2D eigenvalue weighted by Gasteiger charge is -2.10. The molecule has 0 fully saturated rings. The van der Waals surface area contributed by atoms with Crippen LogP contribution >= 0.6 is 0 Å². The molecule has 3 rings (SSSR count). The summed E-state index contributed by atoms with van der Waals surface area (Å²) in [6, 6.07) is 9.28. The zero-order valence-corrected chi connectivity index (χ0v) is 16.1. The molecule has 0 aliphatic rings. The van der Waals surface area contributed by atoms with E-state index in [2.05, 4.69) is 25.8 Å². The summed E-state index contributed by atoms with van der Waals surface area (Å²) in [5, 5.41) is 17.6. The van der Waals surface area contributed by atoms with Gasteiger partial charge in [0.2, 0.25) is 11.8 Å². The quantitative estimate of drug-likeness (QED) is 0.300. The number of carbonyl (C=O) groups is 2. The number of nitrogens with one attached hydrogen (secondary N) is 3. The Morgan fingerprint density at radius 3 is 2.74 bits per heavy atom. The molecular weight excluding hydrogens is 405 g/mol. The van der Waals surface area contributed by atoms with E-state index in [4.69, 9.17) is 15.7 Å². The molecule has 0 aliphatic carbocycles. The number of nitrogens with zero attached hydrogens (tertiary/aromatic N) is 3. The lowest BCUT2D eigenvalue weighted by Crippen LogP contribution is -2.22. The standard InChI is InChI=1S/C20H18FN7O3/c21-13-4-2-1-3-12(13)11-25-16(15-6-8-31-28-15)9-14(22)20-24-7-5-18(27-20)26-19(30)10-17(23)29/h1-9,22,25H,10-11H2,(H2,23,29)(H,24,26,27,30)/b16-9-,22-14?. The highest BCUT2D eigenvalue weighted by atomic mass is 19.1. The number of hydrogen-bond acceptors (Lipinski definition) is 8. The fraction of sp³-hybridized carbons (Fsp3) is 0.100. The van der Waals surface area contributed by atoms with Crippen molar-refractivity contribution >= 4 is 29.0 Å². The second-order valence-corrected chi connectivity index (χ2v) is 6.26. The molecule has 0 spiro atoms. The number of carbonyl (C=O) groups excluding carboxylic acids is 2. The van der Waals surface area contributed by atoms with Gasteiger partial charge in [-0.3, -0.25) is 15.0 Å². The van der Waals surface area contributed by atoms with Crippen LogP contribution in [0.1, 0.15) is 23.5 Å². The van der Waals surface area contributed by atoms with Crippen LogP contribution in [0.3, 0.4) is 0 Å². The van der Waals surface area contributed by atoms with Gasteiger partial charge in [0.25, 0.3) is 0 Å². The molecule has 5 N–H and O–H groups in total. The van der Waals surface area contributed by atoms with E-state index in [9.17, 15) is 14.0 Å². The van der Waals surface area contributed by atoms with E-state index in [0.29, 0.717) is 17.0 Å². The van der Waals surface area contributed by atoms with Crippen LogP contribution in [0, 0.1) is 11.2 Å². The third-order valence-electron chi connectivity index (χ3n) is 3.93. The molecule has 0 atom stereocenters. The fourth-order valence-electron chi connectivity index (χ4n) is 2.51. The van der Waals surface area contributed by atoms with E-state index in [1.54, 1.807) is 24.3 Å². The fourth-order valence-corrected chi connectivity index (χ4v) is 2.51. The van der Waals surface area contributed by atoms with Crippen LogP contribution in [0.5, 0.6) is 0 Å². The van der Waals surface area contributed by atoms with Gasteiger partial charge < -0.3 is 20.9 Å². The van der Waals surface area contributed by atoms with Crippen molar-refractivity contribution in [2.24, 2.45) is 5.73 Å². The summed E-state index contributed by atoms with van der Waals surface area (Å²) in [7, 11) is 0. The molecule has 0 unspecified atom stereocenters.